The van der Waals surface area contributed by atoms with Crippen molar-refractivity contribution < 1.29 is 4.40 Å². The number of rotatable bonds is 0. The van der Waals surface area contributed by atoms with Crippen LogP contribution in [-0.4, -0.2) is 0 Å². The number of halogens is 2. The third-order valence-electron chi connectivity index (χ3n) is 2.66. The van der Waals surface area contributed by atoms with Gasteiger partial charge in [0.25, 0.3) is 0 Å². The predicted octanol–water partition coefficient (Wildman–Crippen LogP) is 4.10. The molecule has 0 saturated heterocycles. The summed E-state index contributed by atoms with van der Waals surface area (Å²) in [5, 5.41) is 2.43. The number of aromatic nitrogens is 1. The number of hydrogen-bond acceptors (Lipinski definition) is 0. The summed E-state index contributed by atoms with van der Waals surface area (Å²) in [6, 6.07) is 12.5. The molecule has 3 aromatic rings. The van der Waals surface area contributed by atoms with Crippen LogP contribution in [0.3, 0.4) is 0 Å². The molecule has 0 bridgehead atoms. The van der Waals surface area contributed by atoms with E-state index in [1.165, 1.54) is 16.3 Å². The molecule has 1 nitrogen and oxygen atoms in total. The SMILES string of the molecule is Brc1ccc(Br)c2c[n+]3ccccc3cc12. The highest BCUT2D eigenvalue weighted by Gasteiger charge is 2.09. The molecule has 0 aliphatic carbocycles. The van der Waals surface area contributed by atoms with E-state index in [9.17, 15) is 0 Å². The van der Waals surface area contributed by atoms with Gasteiger partial charge < -0.3 is 0 Å². The number of hydrogen-bond donors (Lipinski definition) is 0. The topological polar surface area (TPSA) is 4.10 Å². The zero-order chi connectivity index (χ0) is 11.1. The van der Waals surface area contributed by atoms with Crippen LogP contribution in [0.5, 0.6) is 0 Å². The summed E-state index contributed by atoms with van der Waals surface area (Å²) in [6.07, 6.45) is 4.20. The van der Waals surface area contributed by atoms with Crippen molar-refractivity contribution in [3.63, 3.8) is 0 Å². The van der Waals surface area contributed by atoms with E-state index in [1.807, 2.05) is 12.1 Å². The van der Waals surface area contributed by atoms with Crippen LogP contribution < -0.4 is 4.40 Å². The normalized spacial score (nSPS) is 11.1. The Labute approximate surface area is 110 Å². The van der Waals surface area contributed by atoms with Crippen molar-refractivity contribution in [1.29, 1.82) is 0 Å². The Bertz CT molecular complexity index is 632. The number of benzene rings is 1. The second-order valence-electron chi connectivity index (χ2n) is 3.66. The molecular formula is C13H8Br2N+. The van der Waals surface area contributed by atoms with Crippen molar-refractivity contribution in [2.45, 2.75) is 0 Å². The van der Waals surface area contributed by atoms with Gasteiger partial charge in [-0.05, 0) is 34.1 Å². The molecule has 16 heavy (non-hydrogen) atoms. The lowest BCUT2D eigenvalue weighted by Gasteiger charge is -2.01. The van der Waals surface area contributed by atoms with E-state index in [4.69, 9.17) is 0 Å². The van der Waals surface area contributed by atoms with Gasteiger partial charge in [0.15, 0.2) is 12.4 Å². The Hall–Kier alpha value is -0.930. The van der Waals surface area contributed by atoms with E-state index in [-0.39, 0.29) is 0 Å². The molecule has 2 aromatic heterocycles. The molecule has 0 spiro atoms. The molecule has 78 valence electrons. The van der Waals surface area contributed by atoms with Crippen LogP contribution in [0.15, 0.2) is 57.7 Å². The summed E-state index contributed by atoms with van der Waals surface area (Å²) in [6.45, 7) is 0. The highest BCUT2D eigenvalue weighted by Crippen LogP contribution is 2.29. The maximum Gasteiger partial charge on any atom is 0.211 e. The van der Waals surface area contributed by atoms with E-state index in [1.54, 1.807) is 0 Å². The molecule has 0 aliphatic heterocycles. The molecule has 0 fully saturated rings. The molecule has 0 N–H and O–H groups in total. The van der Waals surface area contributed by atoms with Gasteiger partial charge >= 0.3 is 0 Å². The molecule has 3 heteroatoms. The van der Waals surface area contributed by atoms with Gasteiger partial charge in [-0.2, -0.15) is 4.40 Å². The highest BCUT2D eigenvalue weighted by atomic mass is 79.9. The fourth-order valence-corrected chi connectivity index (χ4v) is 2.77. The quantitative estimate of drug-likeness (QED) is 0.429. The molecule has 1 aromatic carbocycles. The summed E-state index contributed by atoms with van der Waals surface area (Å²) >= 11 is 7.17. The molecule has 0 atom stereocenters. The summed E-state index contributed by atoms with van der Waals surface area (Å²) in [5.74, 6) is 0. The van der Waals surface area contributed by atoms with Crippen LogP contribution >= 0.6 is 31.9 Å². The van der Waals surface area contributed by atoms with Crippen LogP contribution in [0.4, 0.5) is 0 Å². The number of fused-ring (bicyclic) bond motifs is 2. The van der Waals surface area contributed by atoms with E-state index in [2.05, 4.69) is 72.9 Å². The van der Waals surface area contributed by atoms with Gasteiger partial charge in [0.1, 0.15) is 0 Å². The molecule has 0 unspecified atom stereocenters. The molecule has 2 heterocycles. The van der Waals surface area contributed by atoms with Crippen molar-refractivity contribution in [2.24, 2.45) is 0 Å². The van der Waals surface area contributed by atoms with Crippen LogP contribution in [-0.2, 0) is 0 Å². The van der Waals surface area contributed by atoms with Crippen LogP contribution in [0.2, 0.25) is 0 Å². The Balaban J connectivity index is 2.56. The monoisotopic (exact) mass is 336 g/mol. The first-order valence-corrected chi connectivity index (χ1v) is 6.52. The second kappa shape index (κ2) is 3.82. The van der Waals surface area contributed by atoms with Crippen molar-refractivity contribution in [2.75, 3.05) is 0 Å². The summed E-state index contributed by atoms with van der Waals surface area (Å²) in [4.78, 5) is 0. The first-order chi connectivity index (χ1) is 7.75. The van der Waals surface area contributed by atoms with Crippen molar-refractivity contribution in [1.82, 2.24) is 0 Å². The Morgan fingerprint density at radius 2 is 1.62 bits per heavy atom. The molecule has 0 saturated carbocycles. The Morgan fingerprint density at radius 1 is 0.875 bits per heavy atom. The van der Waals surface area contributed by atoms with Crippen LogP contribution in [0.1, 0.15) is 0 Å². The van der Waals surface area contributed by atoms with Crippen molar-refractivity contribution >= 4 is 48.1 Å². The fourth-order valence-electron chi connectivity index (χ4n) is 1.86. The Morgan fingerprint density at radius 3 is 2.44 bits per heavy atom. The lowest BCUT2D eigenvalue weighted by atomic mass is 10.1. The lowest BCUT2D eigenvalue weighted by molar-refractivity contribution is -0.510. The highest BCUT2D eigenvalue weighted by molar-refractivity contribution is 9.11. The van der Waals surface area contributed by atoms with Gasteiger partial charge in [-0.15, -0.1) is 0 Å². The summed E-state index contributed by atoms with van der Waals surface area (Å²) in [7, 11) is 0. The van der Waals surface area contributed by atoms with Crippen molar-refractivity contribution in [3.05, 3.63) is 57.7 Å². The maximum atomic E-state index is 3.59. The smallest absolute Gasteiger partial charge is 0.167 e. The zero-order valence-corrected chi connectivity index (χ0v) is 11.5. The minimum absolute atomic E-state index is 1.11. The molecular weight excluding hydrogens is 330 g/mol. The predicted molar refractivity (Wildman–Crippen MR) is 72.5 cm³/mol. The largest absolute Gasteiger partial charge is 0.211 e. The van der Waals surface area contributed by atoms with Gasteiger partial charge in [-0.25, -0.2) is 0 Å². The molecule has 3 rings (SSSR count). The maximum absolute atomic E-state index is 3.59. The summed E-state index contributed by atoms with van der Waals surface area (Å²) in [5.41, 5.74) is 1.19. The van der Waals surface area contributed by atoms with E-state index >= 15 is 0 Å². The fraction of sp³-hybridized carbons (Fsp3) is 0. The van der Waals surface area contributed by atoms with E-state index < -0.39 is 0 Å². The average Bonchev–Trinajstić information content (AvgIpc) is 2.32. The lowest BCUT2D eigenvalue weighted by Crippen LogP contribution is -2.19. The van der Waals surface area contributed by atoms with E-state index in [0.29, 0.717) is 0 Å². The second-order valence-corrected chi connectivity index (χ2v) is 5.37. The van der Waals surface area contributed by atoms with Crippen molar-refractivity contribution in [3.8, 4) is 0 Å². The third-order valence-corrected chi connectivity index (χ3v) is 4.05. The first-order valence-electron chi connectivity index (χ1n) is 4.93. The summed E-state index contributed by atoms with van der Waals surface area (Å²) < 4.78 is 4.36. The number of pyridine rings is 2. The molecule has 0 amide bonds. The van der Waals surface area contributed by atoms with Gasteiger partial charge in [0.2, 0.25) is 5.52 Å². The van der Waals surface area contributed by atoms with E-state index in [0.717, 1.165) is 8.95 Å². The first kappa shape index (κ1) is 10.2. The van der Waals surface area contributed by atoms with Gasteiger partial charge in [0, 0.05) is 32.5 Å². The average molecular weight is 338 g/mol. The standard InChI is InChI=1S/C13H8Br2N/c14-12-4-5-13(15)11-8-16-6-2-1-3-9(16)7-10(11)12/h1-8H/q+1. The van der Waals surface area contributed by atoms with Gasteiger partial charge in [-0.3, -0.25) is 0 Å². The molecule has 0 radical (unpaired) electrons. The zero-order valence-electron chi connectivity index (χ0n) is 8.32. The van der Waals surface area contributed by atoms with Crippen LogP contribution in [0, 0.1) is 0 Å². The third kappa shape index (κ3) is 1.55. The van der Waals surface area contributed by atoms with Gasteiger partial charge in [0.05, 0.1) is 5.39 Å². The minimum atomic E-state index is 1.11. The number of nitrogens with zero attached hydrogens (tertiary/aromatic N) is 1. The molecule has 0 aliphatic rings. The minimum Gasteiger partial charge on any atom is -0.167 e. The van der Waals surface area contributed by atoms with Gasteiger partial charge in [-0.1, -0.05) is 15.9 Å². The Kier molecular flexibility index (Phi) is 2.45. The van der Waals surface area contributed by atoms with Crippen LogP contribution in [0.25, 0.3) is 16.3 Å².